The maximum Gasteiger partial charge on any atom is 0.364 e. The van der Waals surface area contributed by atoms with Gasteiger partial charge in [-0.1, -0.05) is 6.92 Å². The standard InChI is InChI=1S/C8H20O3Si.C2H5NO/c1-5-8(9)12(4,10-6-2)11-7-3;1-2(3)4/h8-9H,5-7H2,1-4H3;1H3,(H2,3,4). The normalized spacial score (nSPS) is 12.6. The Balaban J connectivity index is 0. The van der Waals surface area contributed by atoms with Gasteiger partial charge in [0.1, 0.15) is 0 Å². The number of primary amides is 1. The highest BCUT2D eigenvalue weighted by Gasteiger charge is 2.38. The third kappa shape index (κ3) is 8.84. The van der Waals surface area contributed by atoms with Crippen LogP contribution in [0.15, 0.2) is 0 Å². The van der Waals surface area contributed by atoms with Crippen molar-refractivity contribution in [2.75, 3.05) is 13.2 Å². The second kappa shape index (κ2) is 9.77. The number of nitrogens with two attached hydrogens (primary N) is 1. The van der Waals surface area contributed by atoms with E-state index >= 15 is 0 Å². The molecule has 0 aromatic heterocycles. The number of carbonyl (C=O) groups is 1. The molecular formula is C10H25NO4Si. The minimum atomic E-state index is -2.30. The van der Waals surface area contributed by atoms with Gasteiger partial charge >= 0.3 is 8.56 Å². The number of carbonyl (C=O) groups excluding carboxylic acids is 1. The molecule has 16 heavy (non-hydrogen) atoms. The Morgan fingerprint density at radius 2 is 1.62 bits per heavy atom. The summed E-state index contributed by atoms with van der Waals surface area (Å²) in [5, 5.41) is 9.65. The molecule has 98 valence electrons. The summed E-state index contributed by atoms with van der Waals surface area (Å²) in [5.74, 6) is -0.333. The molecule has 5 nitrogen and oxygen atoms in total. The van der Waals surface area contributed by atoms with Gasteiger partial charge in [0.25, 0.3) is 0 Å². The first kappa shape index (κ1) is 17.9. The van der Waals surface area contributed by atoms with Crippen molar-refractivity contribution in [2.45, 2.75) is 46.4 Å². The van der Waals surface area contributed by atoms with E-state index in [1.165, 1.54) is 6.92 Å². The molecule has 0 bridgehead atoms. The third-order valence-electron chi connectivity index (χ3n) is 1.85. The molecule has 1 amide bonds. The predicted molar refractivity (Wildman–Crippen MR) is 66.0 cm³/mol. The van der Waals surface area contributed by atoms with Gasteiger partial charge in [0, 0.05) is 20.1 Å². The topological polar surface area (TPSA) is 81.8 Å². The number of aliphatic hydroxyl groups excluding tert-OH is 1. The van der Waals surface area contributed by atoms with Gasteiger partial charge in [-0.3, -0.25) is 4.79 Å². The van der Waals surface area contributed by atoms with E-state index in [0.29, 0.717) is 19.6 Å². The molecule has 0 aliphatic carbocycles. The van der Waals surface area contributed by atoms with E-state index in [0.717, 1.165) is 0 Å². The van der Waals surface area contributed by atoms with Crippen LogP contribution in [0.2, 0.25) is 6.55 Å². The van der Waals surface area contributed by atoms with Crippen molar-refractivity contribution in [1.82, 2.24) is 0 Å². The summed E-state index contributed by atoms with van der Waals surface area (Å²) >= 11 is 0. The maximum absolute atomic E-state index is 9.65. The summed E-state index contributed by atoms with van der Waals surface area (Å²) < 4.78 is 11.0. The lowest BCUT2D eigenvalue weighted by molar-refractivity contribution is -0.115. The lowest BCUT2D eigenvalue weighted by Gasteiger charge is -2.29. The van der Waals surface area contributed by atoms with Crippen LogP contribution < -0.4 is 5.73 Å². The average Bonchev–Trinajstić information content (AvgIpc) is 2.16. The van der Waals surface area contributed by atoms with Crippen LogP contribution in [0, 0.1) is 0 Å². The van der Waals surface area contributed by atoms with Crippen molar-refractivity contribution in [1.29, 1.82) is 0 Å². The molecule has 6 heteroatoms. The predicted octanol–water partition coefficient (Wildman–Crippen LogP) is 0.933. The van der Waals surface area contributed by atoms with Crippen molar-refractivity contribution in [3.05, 3.63) is 0 Å². The number of rotatable bonds is 6. The third-order valence-corrected chi connectivity index (χ3v) is 5.20. The molecule has 0 heterocycles. The number of hydrogen-bond acceptors (Lipinski definition) is 4. The van der Waals surface area contributed by atoms with Crippen LogP contribution in [0.1, 0.15) is 34.1 Å². The van der Waals surface area contributed by atoms with Crippen LogP contribution in [0.4, 0.5) is 0 Å². The van der Waals surface area contributed by atoms with Gasteiger partial charge in [-0.05, 0) is 26.8 Å². The van der Waals surface area contributed by atoms with Gasteiger partial charge in [0.2, 0.25) is 5.91 Å². The summed E-state index contributed by atoms with van der Waals surface area (Å²) in [5.41, 5.74) is 4.05. The van der Waals surface area contributed by atoms with Gasteiger partial charge in [0.05, 0.1) is 5.73 Å². The summed E-state index contributed by atoms with van der Waals surface area (Å²) in [6, 6.07) is 0. The molecule has 0 radical (unpaired) electrons. The van der Waals surface area contributed by atoms with E-state index in [1.807, 2.05) is 27.3 Å². The number of hydrogen-bond donors (Lipinski definition) is 2. The van der Waals surface area contributed by atoms with Gasteiger partial charge in [0.15, 0.2) is 0 Å². The summed E-state index contributed by atoms with van der Waals surface area (Å²) in [6.45, 7) is 10.2. The van der Waals surface area contributed by atoms with E-state index < -0.39 is 14.3 Å². The van der Waals surface area contributed by atoms with Crippen LogP contribution in [0.5, 0.6) is 0 Å². The Bertz CT molecular complexity index is 180. The van der Waals surface area contributed by atoms with Crippen LogP contribution in [0.3, 0.4) is 0 Å². The zero-order valence-electron chi connectivity index (χ0n) is 10.9. The molecule has 1 unspecified atom stereocenters. The fourth-order valence-corrected chi connectivity index (χ4v) is 3.53. The minimum absolute atomic E-state index is 0.333. The van der Waals surface area contributed by atoms with Crippen LogP contribution in [0.25, 0.3) is 0 Å². The molecule has 0 aliphatic rings. The van der Waals surface area contributed by atoms with E-state index in [9.17, 15) is 9.90 Å². The van der Waals surface area contributed by atoms with E-state index in [2.05, 4.69) is 5.73 Å². The zero-order valence-corrected chi connectivity index (χ0v) is 11.9. The van der Waals surface area contributed by atoms with Gasteiger partial charge in [-0.15, -0.1) is 0 Å². The first-order valence-corrected chi connectivity index (χ1v) is 7.95. The first-order chi connectivity index (χ1) is 7.33. The van der Waals surface area contributed by atoms with Gasteiger partial charge < -0.3 is 19.7 Å². The van der Waals surface area contributed by atoms with Crippen molar-refractivity contribution < 1.29 is 18.8 Å². The number of amides is 1. The first-order valence-electron chi connectivity index (χ1n) is 5.55. The average molecular weight is 251 g/mol. The molecule has 0 saturated heterocycles. The Labute approximate surface area is 99.2 Å². The number of aliphatic hydroxyl groups is 1. The molecular weight excluding hydrogens is 226 g/mol. The Kier molecular flexibility index (Phi) is 11.0. The largest absolute Gasteiger partial charge is 0.393 e. The van der Waals surface area contributed by atoms with E-state index in [-0.39, 0.29) is 5.91 Å². The lowest BCUT2D eigenvalue weighted by atomic mass is 10.5. The van der Waals surface area contributed by atoms with Gasteiger partial charge in [-0.25, -0.2) is 0 Å². The Morgan fingerprint density at radius 3 is 1.81 bits per heavy atom. The quantitative estimate of drug-likeness (QED) is 0.688. The van der Waals surface area contributed by atoms with Crippen molar-refractivity contribution in [3.63, 3.8) is 0 Å². The highest BCUT2D eigenvalue weighted by molar-refractivity contribution is 6.67. The monoisotopic (exact) mass is 251 g/mol. The molecule has 0 saturated carbocycles. The molecule has 0 spiro atoms. The van der Waals surface area contributed by atoms with E-state index in [4.69, 9.17) is 8.85 Å². The molecule has 0 aromatic rings. The molecule has 0 rings (SSSR count). The Morgan fingerprint density at radius 1 is 1.31 bits per heavy atom. The van der Waals surface area contributed by atoms with Crippen molar-refractivity contribution >= 4 is 14.5 Å². The fraction of sp³-hybridized carbons (Fsp3) is 0.900. The molecule has 1 atom stereocenters. The van der Waals surface area contributed by atoms with Gasteiger partial charge in [-0.2, -0.15) is 0 Å². The molecule has 0 aliphatic heterocycles. The second-order valence-corrected chi connectivity index (χ2v) is 6.69. The zero-order chi connectivity index (χ0) is 13.2. The lowest BCUT2D eigenvalue weighted by Crippen LogP contribution is -2.50. The van der Waals surface area contributed by atoms with Crippen molar-refractivity contribution in [2.24, 2.45) is 5.73 Å². The summed E-state index contributed by atoms with van der Waals surface area (Å²) in [4.78, 5) is 9.22. The SMILES string of the molecule is CC(N)=O.CCO[Si](C)(OCC)C(O)CC. The molecule has 0 aromatic carbocycles. The highest BCUT2D eigenvalue weighted by atomic mass is 28.4. The summed E-state index contributed by atoms with van der Waals surface area (Å²) in [6.07, 6.45) is 0.697. The summed E-state index contributed by atoms with van der Waals surface area (Å²) in [7, 11) is -2.30. The van der Waals surface area contributed by atoms with Crippen molar-refractivity contribution in [3.8, 4) is 0 Å². The van der Waals surface area contributed by atoms with E-state index in [1.54, 1.807) is 0 Å². The maximum atomic E-state index is 9.65. The molecule has 0 fully saturated rings. The van der Waals surface area contributed by atoms with Crippen LogP contribution in [-0.2, 0) is 13.6 Å². The second-order valence-electron chi connectivity index (χ2n) is 3.42. The smallest absolute Gasteiger partial charge is 0.364 e. The fourth-order valence-electron chi connectivity index (χ4n) is 1.18. The van der Waals surface area contributed by atoms with Crippen LogP contribution >= 0.6 is 0 Å². The molecule has 3 N–H and O–H groups in total. The highest BCUT2D eigenvalue weighted by Crippen LogP contribution is 2.14. The minimum Gasteiger partial charge on any atom is -0.393 e. The Hall–Kier alpha value is -0.433. The van der Waals surface area contributed by atoms with Crippen LogP contribution in [-0.4, -0.2) is 38.5 Å².